The van der Waals surface area contributed by atoms with Crippen molar-refractivity contribution >= 4 is 16.0 Å². The molecule has 0 aliphatic heterocycles. The second-order valence-electron chi connectivity index (χ2n) is 5.03. The summed E-state index contributed by atoms with van der Waals surface area (Å²) < 4.78 is 39.0. The molecule has 0 amide bonds. The summed E-state index contributed by atoms with van der Waals surface area (Å²) in [5.74, 6) is -2.17. The highest BCUT2D eigenvalue weighted by Crippen LogP contribution is 2.10. The molecular formula is C13H18FNO4S. The molecule has 1 aromatic rings. The summed E-state index contributed by atoms with van der Waals surface area (Å²) in [7, 11) is -3.84. The Morgan fingerprint density at radius 3 is 2.55 bits per heavy atom. The van der Waals surface area contributed by atoms with Crippen molar-refractivity contribution in [1.29, 1.82) is 0 Å². The molecule has 5 nitrogen and oxygen atoms in total. The second kappa shape index (κ2) is 6.81. The lowest BCUT2D eigenvalue weighted by Gasteiger charge is -2.16. The van der Waals surface area contributed by atoms with E-state index in [1.54, 1.807) is 13.8 Å². The van der Waals surface area contributed by atoms with Crippen molar-refractivity contribution in [2.45, 2.75) is 32.1 Å². The number of rotatable bonds is 7. The normalized spacial score (nSPS) is 13.4. The zero-order valence-corrected chi connectivity index (χ0v) is 12.2. The largest absolute Gasteiger partial charge is 0.480 e. The predicted molar refractivity (Wildman–Crippen MR) is 73.0 cm³/mol. The first kappa shape index (κ1) is 16.6. The van der Waals surface area contributed by atoms with E-state index in [1.807, 2.05) is 0 Å². The van der Waals surface area contributed by atoms with Crippen molar-refractivity contribution in [2.24, 2.45) is 5.92 Å². The van der Waals surface area contributed by atoms with E-state index in [1.165, 1.54) is 18.2 Å². The SMILES string of the molecule is CC(C)CC(NS(=O)(=O)Cc1cccc(F)c1)C(=O)O. The topological polar surface area (TPSA) is 83.5 Å². The molecule has 2 N–H and O–H groups in total. The van der Waals surface area contributed by atoms with Gasteiger partial charge in [-0.25, -0.2) is 17.5 Å². The van der Waals surface area contributed by atoms with Gasteiger partial charge in [-0.2, -0.15) is 0 Å². The van der Waals surface area contributed by atoms with Gasteiger partial charge in [-0.15, -0.1) is 0 Å². The molecule has 7 heteroatoms. The lowest BCUT2D eigenvalue weighted by molar-refractivity contribution is -0.139. The average Bonchev–Trinajstić information content (AvgIpc) is 2.26. The summed E-state index contributed by atoms with van der Waals surface area (Å²) in [6.45, 7) is 3.60. The molecule has 0 saturated heterocycles. The van der Waals surface area contributed by atoms with Crippen LogP contribution in [0.2, 0.25) is 0 Å². The standard InChI is InChI=1S/C13H18FNO4S/c1-9(2)6-12(13(16)17)15-20(18,19)8-10-4-3-5-11(14)7-10/h3-5,7,9,12,15H,6,8H2,1-2H3,(H,16,17). The highest BCUT2D eigenvalue weighted by Gasteiger charge is 2.25. The molecule has 0 spiro atoms. The Balaban J connectivity index is 2.80. The van der Waals surface area contributed by atoms with Gasteiger partial charge in [-0.1, -0.05) is 26.0 Å². The first-order valence-corrected chi connectivity index (χ1v) is 7.82. The molecule has 0 fully saturated rings. The van der Waals surface area contributed by atoms with Gasteiger partial charge in [0.1, 0.15) is 11.9 Å². The van der Waals surface area contributed by atoms with Gasteiger partial charge < -0.3 is 5.11 Å². The van der Waals surface area contributed by atoms with E-state index in [2.05, 4.69) is 4.72 Å². The van der Waals surface area contributed by atoms with Crippen LogP contribution in [0.5, 0.6) is 0 Å². The van der Waals surface area contributed by atoms with Gasteiger partial charge in [0.05, 0.1) is 5.75 Å². The summed E-state index contributed by atoms with van der Waals surface area (Å²) in [5.41, 5.74) is 0.270. The third-order valence-corrected chi connectivity index (χ3v) is 3.93. The lowest BCUT2D eigenvalue weighted by atomic mass is 10.1. The predicted octanol–water partition coefficient (Wildman–Crippen LogP) is 1.74. The van der Waals surface area contributed by atoms with Crippen molar-refractivity contribution in [3.8, 4) is 0 Å². The van der Waals surface area contributed by atoms with E-state index in [0.29, 0.717) is 0 Å². The van der Waals surface area contributed by atoms with Gasteiger partial charge in [0.25, 0.3) is 0 Å². The Labute approximate surface area is 117 Å². The molecule has 0 aromatic heterocycles. The number of benzene rings is 1. The fourth-order valence-electron chi connectivity index (χ4n) is 1.78. The number of halogens is 1. The summed E-state index contributed by atoms with van der Waals surface area (Å²) in [6, 6.07) is 4.03. The Morgan fingerprint density at radius 2 is 2.05 bits per heavy atom. The Bertz CT molecular complexity index is 571. The monoisotopic (exact) mass is 303 g/mol. The molecule has 20 heavy (non-hydrogen) atoms. The zero-order chi connectivity index (χ0) is 15.3. The molecule has 1 atom stereocenters. The van der Waals surface area contributed by atoms with E-state index in [4.69, 9.17) is 5.11 Å². The van der Waals surface area contributed by atoms with Crippen LogP contribution in [-0.4, -0.2) is 25.5 Å². The molecule has 112 valence electrons. The van der Waals surface area contributed by atoms with Crippen LogP contribution in [0.1, 0.15) is 25.8 Å². The lowest BCUT2D eigenvalue weighted by Crippen LogP contribution is -2.42. The molecular weight excluding hydrogens is 285 g/mol. The minimum atomic E-state index is -3.84. The fourth-order valence-corrected chi connectivity index (χ4v) is 3.11. The van der Waals surface area contributed by atoms with Crippen molar-refractivity contribution < 1.29 is 22.7 Å². The maximum atomic E-state index is 13.0. The number of aliphatic carboxylic acids is 1. The van der Waals surface area contributed by atoms with E-state index in [-0.39, 0.29) is 17.9 Å². The first-order valence-electron chi connectivity index (χ1n) is 6.17. The maximum Gasteiger partial charge on any atom is 0.321 e. The minimum absolute atomic E-state index is 0.0352. The Kier molecular flexibility index (Phi) is 5.64. The van der Waals surface area contributed by atoms with Crippen LogP contribution < -0.4 is 4.72 Å². The molecule has 0 aliphatic rings. The zero-order valence-electron chi connectivity index (χ0n) is 11.3. The van der Waals surface area contributed by atoms with Crippen LogP contribution in [-0.2, 0) is 20.6 Å². The Morgan fingerprint density at radius 1 is 1.40 bits per heavy atom. The van der Waals surface area contributed by atoms with E-state index < -0.39 is 33.6 Å². The number of carboxylic acid groups (broad SMARTS) is 1. The number of nitrogens with one attached hydrogen (secondary N) is 1. The summed E-state index contributed by atoms with van der Waals surface area (Å²) in [4.78, 5) is 11.0. The molecule has 1 rings (SSSR count). The van der Waals surface area contributed by atoms with Crippen LogP contribution in [0.15, 0.2) is 24.3 Å². The number of carboxylic acids is 1. The summed E-state index contributed by atoms with van der Waals surface area (Å²) >= 11 is 0. The molecule has 0 bridgehead atoms. The first-order chi connectivity index (χ1) is 9.19. The number of sulfonamides is 1. The molecule has 1 unspecified atom stereocenters. The van der Waals surface area contributed by atoms with Crippen LogP contribution in [0, 0.1) is 11.7 Å². The van der Waals surface area contributed by atoms with E-state index in [0.717, 1.165) is 6.07 Å². The van der Waals surface area contributed by atoms with Gasteiger partial charge >= 0.3 is 5.97 Å². The molecule has 1 aromatic carbocycles. The van der Waals surface area contributed by atoms with Crippen LogP contribution in [0.3, 0.4) is 0 Å². The molecule has 0 heterocycles. The quantitative estimate of drug-likeness (QED) is 0.803. The van der Waals surface area contributed by atoms with E-state index >= 15 is 0 Å². The molecule has 0 aliphatic carbocycles. The third kappa shape index (κ3) is 5.66. The molecule has 0 radical (unpaired) electrons. The maximum absolute atomic E-state index is 13.0. The minimum Gasteiger partial charge on any atom is -0.480 e. The fraction of sp³-hybridized carbons (Fsp3) is 0.462. The van der Waals surface area contributed by atoms with Gasteiger partial charge in [-0.05, 0) is 30.0 Å². The van der Waals surface area contributed by atoms with Crippen LogP contribution in [0.4, 0.5) is 4.39 Å². The van der Waals surface area contributed by atoms with Crippen LogP contribution in [0.25, 0.3) is 0 Å². The number of hydrogen-bond acceptors (Lipinski definition) is 3. The van der Waals surface area contributed by atoms with Gasteiger partial charge in [-0.3, -0.25) is 4.79 Å². The van der Waals surface area contributed by atoms with Crippen molar-refractivity contribution in [2.75, 3.05) is 0 Å². The smallest absolute Gasteiger partial charge is 0.321 e. The second-order valence-corrected chi connectivity index (χ2v) is 6.78. The van der Waals surface area contributed by atoms with Crippen molar-refractivity contribution in [3.63, 3.8) is 0 Å². The summed E-state index contributed by atoms with van der Waals surface area (Å²) in [5, 5.41) is 9.01. The van der Waals surface area contributed by atoms with Crippen molar-refractivity contribution in [3.05, 3.63) is 35.6 Å². The Hall–Kier alpha value is -1.47. The number of carbonyl (C=O) groups is 1. The van der Waals surface area contributed by atoms with Crippen LogP contribution >= 0.6 is 0 Å². The van der Waals surface area contributed by atoms with Gasteiger partial charge in [0.2, 0.25) is 10.0 Å². The molecule has 0 saturated carbocycles. The highest BCUT2D eigenvalue weighted by molar-refractivity contribution is 7.88. The summed E-state index contributed by atoms with van der Waals surface area (Å²) in [6.07, 6.45) is 0.192. The highest BCUT2D eigenvalue weighted by atomic mass is 32.2. The van der Waals surface area contributed by atoms with Gasteiger partial charge in [0.15, 0.2) is 0 Å². The number of hydrogen-bond donors (Lipinski definition) is 2. The van der Waals surface area contributed by atoms with E-state index in [9.17, 15) is 17.6 Å². The average molecular weight is 303 g/mol. The van der Waals surface area contributed by atoms with Crippen molar-refractivity contribution in [1.82, 2.24) is 4.72 Å². The third-order valence-electron chi connectivity index (χ3n) is 2.57. The van der Waals surface area contributed by atoms with Gasteiger partial charge in [0, 0.05) is 0 Å².